The van der Waals surface area contributed by atoms with E-state index in [0.717, 1.165) is 16.0 Å². The van der Waals surface area contributed by atoms with Crippen LogP contribution in [0.4, 0.5) is 13.2 Å². The molecule has 0 aromatic heterocycles. The maximum atomic E-state index is 13.1. The maximum Gasteiger partial charge on any atom is 0.408 e. The van der Waals surface area contributed by atoms with Crippen LogP contribution in [0.25, 0.3) is 0 Å². The zero-order valence-electron chi connectivity index (χ0n) is 13.9. The minimum atomic E-state index is -4.43. The highest BCUT2D eigenvalue weighted by Crippen LogP contribution is 2.32. The number of halogens is 3. The van der Waals surface area contributed by atoms with E-state index in [9.17, 15) is 18.0 Å². The van der Waals surface area contributed by atoms with Crippen LogP contribution >= 0.6 is 0 Å². The predicted octanol–water partition coefficient (Wildman–Crippen LogP) is 2.95. The molecule has 0 saturated carbocycles. The highest BCUT2D eigenvalue weighted by atomic mass is 19.4. The van der Waals surface area contributed by atoms with Crippen LogP contribution < -0.4 is 10.5 Å². The van der Waals surface area contributed by atoms with Gasteiger partial charge in [0.05, 0.1) is 13.0 Å². The van der Waals surface area contributed by atoms with E-state index in [1.807, 2.05) is 26.0 Å². The van der Waals surface area contributed by atoms with Gasteiger partial charge in [-0.25, -0.2) is 0 Å². The quantitative estimate of drug-likeness (QED) is 0.914. The summed E-state index contributed by atoms with van der Waals surface area (Å²) in [7, 11) is 0. The van der Waals surface area contributed by atoms with Gasteiger partial charge in [0.1, 0.15) is 11.8 Å². The molecule has 0 bridgehead atoms. The van der Waals surface area contributed by atoms with Crippen LogP contribution in [0.1, 0.15) is 30.4 Å². The van der Waals surface area contributed by atoms with Gasteiger partial charge in [-0.3, -0.25) is 4.79 Å². The van der Waals surface area contributed by atoms with Gasteiger partial charge in [-0.2, -0.15) is 13.2 Å². The van der Waals surface area contributed by atoms with Gasteiger partial charge in [-0.15, -0.1) is 0 Å². The summed E-state index contributed by atoms with van der Waals surface area (Å²) < 4.78 is 44.7. The Labute approximate surface area is 139 Å². The highest BCUT2D eigenvalue weighted by Gasteiger charge is 2.47. The molecule has 1 amide bonds. The predicted molar refractivity (Wildman–Crippen MR) is 84.8 cm³/mol. The van der Waals surface area contributed by atoms with Crippen molar-refractivity contribution in [1.29, 1.82) is 0 Å². The summed E-state index contributed by atoms with van der Waals surface area (Å²) in [6, 6.07) is 3.37. The number of hydrogen-bond donors (Lipinski definition) is 1. The molecule has 1 aromatic rings. The Hall–Kier alpha value is -1.76. The lowest BCUT2D eigenvalue weighted by atomic mass is 9.98. The number of carbonyl (C=O) groups is 1. The Bertz CT molecular complexity index is 590. The van der Waals surface area contributed by atoms with Gasteiger partial charge < -0.3 is 15.4 Å². The molecule has 2 N–H and O–H groups in total. The van der Waals surface area contributed by atoms with E-state index in [-0.39, 0.29) is 32.4 Å². The maximum absolute atomic E-state index is 13.1. The Morgan fingerprint density at radius 1 is 1.29 bits per heavy atom. The minimum absolute atomic E-state index is 0.0393. The van der Waals surface area contributed by atoms with E-state index >= 15 is 0 Å². The van der Waals surface area contributed by atoms with E-state index in [4.69, 9.17) is 10.5 Å². The third kappa shape index (κ3) is 4.63. The molecular formula is C17H23F3N2O2. The summed E-state index contributed by atoms with van der Waals surface area (Å²) >= 11 is 0. The van der Waals surface area contributed by atoms with Crippen LogP contribution in [0.15, 0.2) is 18.2 Å². The van der Waals surface area contributed by atoms with Crippen molar-refractivity contribution in [2.24, 2.45) is 5.73 Å². The molecule has 0 radical (unpaired) electrons. The van der Waals surface area contributed by atoms with Crippen molar-refractivity contribution in [1.82, 2.24) is 4.90 Å². The van der Waals surface area contributed by atoms with E-state index in [0.29, 0.717) is 5.75 Å². The Kier molecular flexibility index (Phi) is 5.74. The SMILES string of the molecule is Cc1ccc(OCCC(=O)N2CC(N)CCC2C(F)(F)F)cc1C. The number of alkyl halides is 3. The molecule has 2 atom stereocenters. The van der Waals surface area contributed by atoms with E-state index < -0.39 is 24.2 Å². The number of nitrogens with zero attached hydrogens (tertiary/aromatic N) is 1. The molecule has 1 aromatic carbocycles. The number of hydrogen-bond acceptors (Lipinski definition) is 3. The lowest BCUT2D eigenvalue weighted by Crippen LogP contribution is -2.56. The third-order valence-electron chi connectivity index (χ3n) is 4.38. The van der Waals surface area contributed by atoms with Crippen molar-refractivity contribution in [3.05, 3.63) is 29.3 Å². The molecular weight excluding hydrogens is 321 g/mol. The van der Waals surface area contributed by atoms with Gasteiger partial charge in [0, 0.05) is 12.6 Å². The first-order chi connectivity index (χ1) is 11.2. The number of aryl methyl sites for hydroxylation is 2. The van der Waals surface area contributed by atoms with Gasteiger partial charge >= 0.3 is 6.18 Å². The first-order valence-electron chi connectivity index (χ1n) is 8.00. The second-order valence-electron chi connectivity index (χ2n) is 6.29. The van der Waals surface area contributed by atoms with E-state index in [1.54, 1.807) is 6.07 Å². The third-order valence-corrected chi connectivity index (χ3v) is 4.38. The molecule has 1 aliphatic rings. The molecule has 2 rings (SSSR count). The average molecular weight is 344 g/mol. The first-order valence-corrected chi connectivity index (χ1v) is 8.00. The van der Waals surface area contributed by atoms with Gasteiger partial charge in [0.15, 0.2) is 0 Å². The van der Waals surface area contributed by atoms with Gasteiger partial charge in [0.25, 0.3) is 0 Å². The summed E-state index contributed by atoms with van der Waals surface area (Å²) in [6.07, 6.45) is -4.40. The second-order valence-corrected chi connectivity index (χ2v) is 6.29. The minimum Gasteiger partial charge on any atom is -0.493 e. The Morgan fingerprint density at radius 3 is 2.62 bits per heavy atom. The molecule has 1 fully saturated rings. The molecule has 0 aliphatic carbocycles. The number of amides is 1. The standard InChI is InChI=1S/C17H23F3N2O2/c1-11-3-5-14(9-12(11)2)24-8-7-16(23)22-10-13(21)4-6-15(22)17(18,19)20/h3,5,9,13,15H,4,6-8,10,21H2,1-2H3. The van der Waals surface area contributed by atoms with Crippen LogP contribution in [0, 0.1) is 13.8 Å². The number of benzene rings is 1. The van der Waals surface area contributed by atoms with Gasteiger partial charge in [0.2, 0.25) is 5.91 Å². The molecule has 4 nitrogen and oxygen atoms in total. The van der Waals surface area contributed by atoms with Crippen molar-refractivity contribution in [2.45, 2.75) is 51.4 Å². The largest absolute Gasteiger partial charge is 0.493 e. The summed E-state index contributed by atoms with van der Waals surface area (Å²) in [5, 5.41) is 0. The fourth-order valence-electron chi connectivity index (χ4n) is 2.82. The monoisotopic (exact) mass is 344 g/mol. The second kappa shape index (κ2) is 7.42. The number of rotatable bonds is 4. The summed E-state index contributed by atoms with van der Waals surface area (Å²) in [4.78, 5) is 13.1. The van der Waals surface area contributed by atoms with E-state index in [1.165, 1.54) is 0 Å². The molecule has 24 heavy (non-hydrogen) atoms. The molecule has 134 valence electrons. The Morgan fingerprint density at radius 2 is 2.00 bits per heavy atom. The lowest BCUT2D eigenvalue weighted by Gasteiger charge is -2.39. The molecule has 1 aliphatic heterocycles. The highest BCUT2D eigenvalue weighted by molar-refractivity contribution is 5.77. The van der Waals surface area contributed by atoms with Crippen molar-refractivity contribution in [3.63, 3.8) is 0 Å². The van der Waals surface area contributed by atoms with Crippen LogP contribution in [0.2, 0.25) is 0 Å². The Balaban J connectivity index is 1.93. The lowest BCUT2D eigenvalue weighted by molar-refractivity contribution is -0.197. The summed E-state index contributed by atoms with van der Waals surface area (Å²) in [6.45, 7) is 3.89. The van der Waals surface area contributed by atoms with Gasteiger partial charge in [-0.05, 0) is 49.9 Å². The average Bonchev–Trinajstić information content (AvgIpc) is 2.49. The van der Waals surface area contributed by atoms with Crippen molar-refractivity contribution in [2.75, 3.05) is 13.2 Å². The molecule has 2 unspecified atom stereocenters. The number of likely N-dealkylation sites (tertiary alicyclic amines) is 1. The number of piperidine rings is 1. The first kappa shape index (κ1) is 18.6. The number of carbonyl (C=O) groups excluding carboxylic acids is 1. The zero-order valence-corrected chi connectivity index (χ0v) is 13.9. The summed E-state index contributed by atoms with van der Waals surface area (Å²) in [5.41, 5.74) is 7.90. The number of ether oxygens (including phenoxy) is 1. The van der Waals surface area contributed by atoms with Crippen molar-refractivity contribution in [3.8, 4) is 5.75 Å². The molecule has 7 heteroatoms. The smallest absolute Gasteiger partial charge is 0.408 e. The van der Waals surface area contributed by atoms with Crippen LogP contribution in [-0.4, -0.2) is 42.2 Å². The van der Waals surface area contributed by atoms with Crippen LogP contribution in [0.3, 0.4) is 0 Å². The molecule has 1 saturated heterocycles. The van der Waals surface area contributed by atoms with E-state index in [2.05, 4.69) is 0 Å². The fourth-order valence-corrected chi connectivity index (χ4v) is 2.82. The number of nitrogens with two attached hydrogens (primary N) is 1. The van der Waals surface area contributed by atoms with Crippen molar-refractivity contribution >= 4 is 5.91 Å². The molecule has 0 spiro atoms. The van der Waals surface area contributed by atoms with Crippen molar-refractivity contribution < 1.29 is 22.7 Å². The normalized spacial score (nSPS) is 21.7. The topological polar surface area (TPSA) is 55.6 Å². The van der Waals surface area contributed by atoms with Crippen LogP contribution in [0.5, 0.6) is 5.75 Å². The fraction of sp³-hybridized carbons (Fsp3) is 0.588. The van der Waals surface area contributed by atoms with Crippen LogP contribution in [-0.2, 0) is 4.79 Å². The summed E-state index contributed by atoms with van der Waals surface area (Å²) in [5.74, 6) is 0.0323. The molecule has 1 heterocycles. The zero-order chi connectivity index (χ0) is 17.9. The van der Waals surface area contributed by atoms with Gasteiger partial charge in [-0.1, -0.05) is 6.07 Å².